The number of piperazine rings is 1. The van der Waals surface area contributed by atoms with Gasteiger partial charge in [0.05, 0.1) is 12.8 Å². The molecule has 3 rings (SSSR count). The van der Waals surface area contributed by atoms with Gasteiger partial charge in [-0.05, 0) is 52.3 Å². The highest BCUT2D eigenvalue weighted by Gasteiger charge is 2.56. The number of carbonyl (C=O) groups is 1. The molecular weight excluding hydrogens is 390 g/mol. The number of benzene rings is 1. The van der Waals surface area contributed by atoms with E-state index in [1.54, 1.807) is 14.0 Å². The lowest BCUT2D eigenvalue weighted by Gasteiger charge is -2.36. The highest BCUT2D eigenvalue weighted by molar-refractivity contribution is 7.94. The van der Waals surface area contributed by atoms with Crippen LogP contribution in [0.2, 0.25) is 0 Å². The van der Waals surface area contributed by atoms with Gasteiger partial charge in [-0.3, -0.25) is 9.69 Å². The molecule has 2 fully saturated rings. The number of hydrogen-bond acceptors (Lipinski definition) is 6. The smallest absolute Gasteiger partial charge is 0.244 e. The molecular formula is C21H33N3O4S. The first-order valence-corrected chi connectivity index (χ1v) is 11.9. The van der Waals surface area contributed by atoms with Crippen molar-refractivity contribution in [2.75, 3.05) is 51.3 Å². The van der Waals surface area contributed by atoms with E-state index in [4.69, 9.17) is 4.74 Å². The summed E-state index contributed by atoms with van der Waals surface area (Å²) in [4.78, 5) is 18.8. The van der Waals surface area contributed by atoms with E-state index < -0.39 is 20.0 Å². The fourth-order valence-electron chi connectivity index (χ4n) is 4.23. The first-order chi connectivity index (χ1) is 13.7. The topological polar surface area (TPSA) is 70.2 Å². The minimum Gasteiger partial charge on any atom is -0.495 e. The predicted octanol–water partition coefficient (Wildman–Crippen LogP) is 1.98. The lowest BCUT2D eigenvalue weighted by atomic mass is 10.1. The van der Waals surface area contributed by atoms with Gasteiger partial charge in [-0.15, -0.1) is 0 Å². The van der Waals surface area contributed by atoms with E-state index >= 15 is 0 Å². The van der Waals surface area contributed by atoms with Crippen LogP contribution in [0.25, 0.3) is 0 Å². The van der Waals surface area contributed by atoms with E-state index in [9.17, 15) is 13.2 Å². The number of nitrogens with zero attached hydrogens (tertiary/aromatic N) is 3. The second-order valence-corrected chi connectivity index (χ2v) is 11.2. The Kier molecular flexibility index (Phi) is 6.43. The van der Waals surface area contributed by atoms with Gasteiger partial charge in [-0.25, -0.2) is 8.42 Å². The summed E-state index contributed by atoms with van der Waals surface area (Å²) in [7, 11) is -1.75. The first-order valence-electron chi connectivity index (χ1n) is 10.3. The molecule has 1 aromatic rings. The fourth-order valence-corrected chi connectivity index (χ4v) is 5.98. The number of para-hydroxylation sites is 2. The molecule has 29 heavy (non-hydrogen) atoms. The summed E-state index contributed by atoms with van der Waals surface area (Å²) < 4.78 is 29.0. The molecule has 0 spiro atoms. The molecule has 1 amide bonds. The fraction of sp³-hybridized carbons (Fsp3) is 0.667. The van der Waals surface area contributed by atoms with Gasteiger partial charge >= 0.3 is 0 Å². The average molecular weight is 424 g/mol. The lowest BCUT2D eigenvalue weighted by molar-refractivity contribution is -0.132. The van der Waals surface area contributed by atoms with Crippen molar-refractivity contribution >= 4 is 21.4 Å². The maximum absolute atomic E-state index is 12.5. The molecule has 7 nitrogen and oxygen atoms in total. The number of methoxy groups -OCH3 is 1. The zero-order valence-corrected chi connectivity index (χ0v) is 18.7. The summed E-state index contributed by atoms with van der Waals surface area (Å²) in [5, 5.41) is -0.727. The highest BCUT2D eigenvalue weighted by atomic mass is 32.2. The third-order valence-electron chi connectivity index (χ3n) is 6.30. The summed E-state index contributed by atoms with van der Waals surface area (Å²) in [5.74, 6) is 0.638. The van der Waals surface area contributed by atoms with E-state index in [1.807, 2.05) is 18.2 Å². The molecule has 2 aliphatic heterocycles. The van der Waals surface area contributed by atoms with Crippen LogP contribution in [0.5, 0.6) is 5.75 Å². The molecule has 2 aliphatic rings. The average Bonchev–Trinajstić information content (AvgIpc) is 2.83. The van der Waals surface area contributed by atoms with Crippen LogP contribution in [0.4, 0.5) is 5.69 Å². The van der Waals surface area contributed by atoms with Crippen molar-refractivity contribution in [3.63, 3.8) is 0 Å². The summed E-state index contributed by atoms with van der Waals surface area (Å²) in [5.41, 5.74) is 1.14. The van der Waals surface area contributed by atoms with Gasteiger partial charge in [-0.1, -0.05) is 12.1 Å². The van der Waals surface area contributed by atoms with Crippen LogP contribution in [0.3, 0.4) is 0 Å². The largest absolute Gasteiger partial charge is 0.495 e. The number of unbranched alkanes of at least 4 members (excludes halogenated alkanes) is 1. The van der Waals surface area contributed by atoms with E-state index in [1.165, 1.54) is 18.7 Å². The van der Waals surface area contributed by atoms with Gasteiger partial charge in [0.2, 0.25) is 5.91 Å². The van der Waals surface area contributed by atoms with Crippen molar-refractivity contribution in [3.05, 3.63) is 24.3 Å². The van der Waals surface area contributed by atoms with Crippen LogP contribution in [-0.4, -0.2) is 80.6 Å². The lowest BCUT2D eigenvalue weighted by Crippen LogP contribution is -2.46. The molecule has 2 saturated heterocycles. The minimum absolute atomic E-state index is 0.268. The van der Waals surface area contributed by atoms with Gasteiger partial charge in [0.1, 0.15) is 15.9 Å². The standard InChI is InChI=1S/C21H33N3O4S/c1-17-24(20(25)21(2,3)29(17,26)27)12-8-7-11-22-13-15-23(16-14-22)18-9-5-6-10-19(18)28-4/h5-6,9-10,17H,7-8,11-16H2,1-4H3. The van der Waals surface area contributed by atoms with E-state index in [2.05, 4.69) is 15.9 Å². The van der Waals surface area contributed by atoms with Crippen LogP contribution < -0.4 is 9.64 Å². The molecule has 0 aliphatic carbocycles. The third-order valence-corrected chi connectivity index (χ3v) is 9.05. The van der Waals surface area contributed by atoms with E-state index in [0.29, 0.717) is 6.54 Å². The number of amides is 1. The van der Waals surface area contributed by atoms with Crippen LogP contribution in [0, 0.1) is 0 Å². The Hall–Kier alpha value is -1.80. The maximum Gasteiger partial charge on any atom is 0.244 e. The molecule has 8 heteroatoms. The minimum atomic E-state index is -3.45. The first kappa shape index (κ1) is 21.9. The number of ether oxygens (including phenoxy) is 1. The molecule has 1 aromatic carbocycles. The molecule has 0 saturated carbocycles. The Morgan fingerprint density at radius 1 is 1.07 bits per heavy atom. The van der Waals surface area contributed by atoms with Crippen LogP contribution >= 0.6 is 0 Å². The number of anilines is 1. The van der Waals surface area contributed by atoms with Crippen LogP contribution in [0.1, 0.15) is 33.6 Å². The Morgan fingerprint density at radius 3 is 2.28 bits per heavy atom. The molecule has 0 N–H and O–H groups in total. The predicted molar refractivity (Wildman–Crippen MR) is 115 cm³/mol. The number of rotatable bonds is 7. The summed E-state index contributed by atoms with van der Waals surface area (Å²) in [6.45, 7) is 10.00. The van der Waals surface area contributed by atoms with Crippen molar-refractivity contribution in [2.45, 2.75) is 43.7 Å². The van der Waals surface area contributed by atoms with Gasteiger partial charge in [0.15, 0.2) is 9.84 Å². The molecule has 2 heterocycles. The quantitative estimate of drug-likeness (QED) is 0.625. The molecule has 0 aromatic heterocycles. The van der Waals surface area contributed by atoms with Gasteiger partial charge < -0.3 is 14.5 Å². The van der Waals surface area contributed by atoms with Crippen LogP contribution in [-0.2, 0) is 14.6 Å². The Labute approximate surface area is 174 Å². The highest BCUT2D eigenvalue weighted by Crippen LogP contribution is 2.34. The van der Waals surface area contributed by atoms with Crippen molar-refractivity contribution < 1.29 is 17.9 Å². The van der Waals surface area contributed by atoms with Gasteiger partial charge in [0, 0.05) is 32.7 Å². The SMILES string of the molecule is COc1ccccc1N1CCN(CCCCN2C(=O)C(C)(C)S(=O)(=O)C2C)CC1. The Morgan fingerprint density at radius 2 is 1.69 bits per heavy atom. The maximum atomic E-state index is 12.5. The summed E-state index contributed by atoms with van der Waals surface area (Å²) >= 11 is 0. The molecule has 1 atom stereocenters. The molecule has 162 valence electrons. The summed E-state index contributed by atoms with van der Waals surface area (Å²) in [6.07, 6.45) is 1.76. The zero-order chi connectivity index (χ0) is 21.2. The van der Waals surface area contributed by atoms with Crippen molar-refractivity contribution in [1.29, 1.82) is 0 Å². The van der Waals surface area contributed by atoms with Crippen LogP contribution in [0.15, 0.2) is 24.3 Å². The Balaban J connectivity index is 1.43. The zero-order valence-electron chi connectivity index (χ0n) is 17.9. The summed E-state index contributed by atoms with van der Waals surface area (Å²) in [6, 6.07) is 8.10. The number of sulfone groups is 1. The van der Waals surface area contributed by atoms with Crippen molar-refractivity contribution in [1.82, 2.24) is 9.80 Å². The van der Waals surface area contributed by atoms with Crippen molar-refractivity contribution in [3.8, 4) is 5.75 Å². The van der Waals surface area contributed by atoms with E-state index in [0.717, 1.165) is 57.0 Å². The normalized spacial score (nSPS) is 24.1. The molecule has 1 unspecified atom stereocenters. The van der Waals surface area contributed by atoms with E-state index in [-0.39, 0.29) is 5.91 Å². The molecule has 0 bridgehead atoms. The second-order valence-electron chi connectivity index (χ2n) is 8.36. The number of carbonyl (C=O) groups excluding carboxylic acids is 1. The van der Waals surface area contributed by atoms with Crippen molar-refractivity contribution in [2.24, 2.45) is 0 Å². The third kappa shape index (κ3) is 4.10. The second kappa shape index (κ2) is 8.52. The number of hydrogen-bond donors (Lipinski definition) is 0. The van der Waals surface area contributed by atoms with Gasteiger partial charge in [0.25, 0.3) is 0 Å². The van der Waals surface area contributed by atoms with Gasteiger partial charge in [-0.2, -0.15) is 0 Å². The Bertz CT molecular complexity index is 832. The monoisotopic (exact) mass is 423 g/mol. The molecule has 0 radical (unpaired) electrons.